The van der Waals surface area contributed by atoms with Crippen molar-refractivity contribution < 1.29 is 4.74 Å². The summed E-state index contributed by atoms with van der Waals surface area (Å²) in [6, 6.07) is 8.21. The Kier molecular flexibility index (Phi) is 4.92. The van der Waals surface area contributed by atoms with Crippen LogP contribution in [0.3, 0.4) is 0 Å². The van der Waals surface area contributed by atoms with Crippen LogP contribution in [0.1, 0.15) is 20.8 Å². The molecule has 1 fully saturated rings. The van der Waals surface area contributed by atoms with Crippen LogP contribution in [0.25, 0.3) is 0 Å². The highest BCUT2D eigenvalue weighted by Gasteiger charge is 2.20. The van der Waals surface area contributed by atoms with E-state index >= 15 is 0 Å². The second-order valence-electron chi connectivity index (χ2n) is 7.19. The molecule has 0 spiro atoms. The SMILES string of the molecule is COc1ccc(N2CCN(c3cnnc(NC(C)(C)C)n3)CC2)cc1. The number of ether oxygens (including phenoxy) is 1. The van der Waals surface area contributed by atoms with Gasteiger partial charge in [-0.15, -0.1) is 5.10 Å². The zero-order valence-corrected chi connectivity index (χ0v) is 15.4. The molecule has 0 atom stereocenters. The number of piperazine rings is 1. The van der Waals surface area contributed by atoms with Gasteiger partial charge in [-0.3, -0.25) is 0 Å². The van der Waals surface area contributed by atoms with E-state index in [1.54, 1.807) is 13.3 Å². The molecule has 7 heteroatoms. The Bertz CT molecular complexity index is 689. The Labute approximate surface area is 149 Å². The van der Waals surface area contributed by atoms with Gasteiger partial charge >= 0.3 is 0 Å². The lowest BCUT2D eigenvalue weighted by atomic mass is 10.1. The molecule has 1 aliphatic heterocycles. The van der Waals surface area contributed by atoms with E-state index in [1.807, 2.05) is 12.1 Å². The van der Waals surface area contributed by atoms with Crippen molar-refractivity contribution in [3.63, 3.8) is 0 Å². The van der Waals surface area contributed by atoms with Gasteiger partial charge in [0.05, 0.1) is 13.3 Å². The molecule has 0 unspecified atom stereocenters. The van der Waals surface area contributed by atoms with Gasteiger partial charge in [0.25, 0.3) is 0 Å². The zero-order valence-electron chi connectivity index (χ0n) is 15.4. The summed E-state index contributed by atoms with van der Waals surface area (Å²) in [6.07, 6.45) is 1.73. The van der Waals surface area contributed by atoms with E-state index < -0.39 is 0 Å². The van der Waals surface area contributed by atoms with Crippen LogP contribution in [0, 0.1) is 0 Å². The van der Waals surface area contributed by atoms with Gasteiger partial charge < -0.3 is 19.9 Å². The molecule has 0 radical (unpaired) electrons. The number of anilines is 3. The predicted octanol–water partition coefficient (Wildman–Crippen LogP) is 2.42. The molecular weight excluding hydrogens is 316 g/mol. The first-order chi connectivity index (χ1) is 11.9. The van der Waals surface area contributed by atoms with Crippen molar-refractivity contribution in [2.24, 2.45) is 0 Å². The summed E-state index contributed by atoms with van der Waals surface area (Å²) in [6.45, 7) is 9.93. The monoisotopic (exact) mass is 342 g/mol. The van der Waals surface area contributed by atoms with Crippen molar-refractivity contribution in [3.05, 3.63) is 30.5 Å². The third kappa shape index (κ3) is 4.49. The van der Waals surface area contributed by atoms with Gasteiger partial charge in [0.15, 0.2) is 5.82 Å². The first kappa shape index (κ1) is 17.3. The van der Waals surface area contributed by atoms with Gasteiger partial charge in [0.1, 0.15) is 5.75 Å². The number of methoxy groups -OCH3 is 1. The maximum Gasteiger partial charge on any atom is 0.245 e. The van der Waals surface area contributed by atoms with Crippen molar-refractivity contribution in [2.75, 3.05) is 48.4 Å². The van der Waals surface area contributed by atoms with Crippen molar-refractivity contribution in [3.8, 4) is 5.75 Å². The molecular formula is C18H26N6O. The molecule has 25 heavy (non-hydrogen) atoms. The average Bonchev–Trinajstić information content (AvgIpc) is 2.61. The lowest BCUT2D eigenvalue weighted by molar-refractivity contribution is 0.415. The number of hydrogen-bond acceptors (Lipinski definition) is 7. The molecule has 2 aromatic rings. The highest BCUT2D eigenvalue weighted by atomic mass is 16.5. The minimum Gasteiger partial charge on any atom is -0.497 e. The topological polar surface area (TPSA) is 66.4 Å². The van der Waals surface area contributed by atoms with E-state index in [0.717, 1.165) is 37.7 Å². The fourth-order valence-electron chi connectivity index (χ4n) is 2.82. The van der Waals surface area contributed by atoms with E-state index in [0.29, 0.717) is 5.95 Å². The van der Waals surface area contributed by atoms with Crippen LogP contribution in [0.2, 0.25) is 0 Å². The Morgan fingerprint density at radius 1 is 1.00 bits per heavy atom. The lowest BCUT2D eigenvalue weighted by Gasteiger charge is -2.36. The van der Waals surface area contributed by atoms with Gasteiger partial charge in [0.2, 0.25) is 5.95 Å². The Morgan fingerprint density at radius 2 is 1.64 bits per heavy atom. The molecule has 7 nitrogen and oxygen atoms in total. The third-order valence-electron chi connectivity index (χ3n) is 4.07. The molecule has 3 rings (SSSR count). The van der Waals surface area contributed by atoms with Crippen LogP contribution < -0.4 is 19.9 Å². The quantitative estimate of drug-likeness (QED) is 0.915. The van der Waals surface area contributed by atoms with Crippen LogP contribution in [-0.4, -0.2) is 54.0 Å². The molecule has 1 aromatic heterocycles. The van der Waals surface area contributed by atoms with E-state index in [1.165, 1.54) is 5.69 Å². The maximum atomic E-state index is 5.22. The van der Waals surface area contributed by atoms with E-state index in [-0.39, 0.29) is 5.54 Å². The van der Waals surface area contributed by atoms with Crippen LogP contribution >= 0.6 is 0 Å². The summed E-state index contributed by atoms with van der Waals surface area (Å²) >= 11 is 0. The Hall–Kier alpha value is -2.57. The number of aromatic nitrogens is 3. The van der Waals surface area contributed by atoms with E-state index in [9.17, 15) is 0 Å². The molecule has 2 heterocycles. The van der Waals surface area contributed by atoms with Crippen LogP contribution in [0.5, 0.6) is 5.75 Å². The summed E-state index contributed by atoms with van der Waals surface area (Å²) in [4.78, 5) is 9.23. The first-order valence-corrected chi connectivity index (χ1v) is 8.56. The molecule has 1 N–H and O–H groups in total. The smallest absolute Gasteiger partial charge is 0.245 e. The van der Waals surface area contributed by atoms with Crippen molar-refractivity contribution in [2.45, 2.75) is 26.3 Å². The van der Waals surface area contributed by atoms with Crippen LogP contribution in [0.15, 0.2) is 30.5 Å². The van der Waals surface area contributed by atoms with Crippen LogP contribution in [-0.2, 0) is 0 Å². The molecule has 1 aliphatic rings. The van der Waals surface area contributed by atoms with Crippen molar-refractivity contribution in [1.82, 2.24) is 15.2 Å². The molecule has 0 bridgehead atoms. The van der Waals surface area contributed by atoms with Gasteiger partial charge in [-0.2, -0.15) is 10.1 Å². The Morgan fingerprint density at radius 3 is 2.24 bits per heavy atom. The average molecular weight is 342 g/mol. The van der Waals surface area contributed by atoms with Crippen molar-refractivity contribution in [1.29, 1.82) is 0 Å². The third-order valence-corrected chi connectivity index (χ3v) is 4.07. The summed E-state index contributed by atoms with van der Waals surface area (Å²) in [7, 11) is 1.69. The predicted molar refractivity (Wildman–Crippen MR) is 101 cm³/mol. The lowest BCUT2D eigenvalue weighted by Crippen LogP contribution is -2.47. The zero-order chi connectivity index (χ0) is 17.9. The molecule has 1 saturated heterocycles. The fraction of sp³-hybridized carbons (Fsp3) is 0.500. The summed E-state index contributed by atoms with van der Waals surface area (Å²) in [5, 5.41) is 11.4. The minimum absolute atomic E-state index is 0.0899. The summed E-state index contributed by atoms with van der Waals surface area (Å²) < 4.78 is 5.22. The van der Waals surface area contributed by atoms with Gasteiger partial charge in [-0.05, 0) is 45.0 Å². The molecule has 134 valence electrons. The largest absolute Gasteiger partial charge is 0.497 e. The normalized spacial score (nSPS) is 15.2. The summed E-state index contributed by atoms with van der Waals surface area (Å²) in [5.41, 5.74) is 1.13. The number of nitrogens with zero attached hydrogens (tertiary/aromatic N) is 5. The number of hydrogen-bond donors (Lipinski definition) is 1. The minimum atomic E-state index is -0.0899. The van der Waals surface area contributed by atoms with Gasteiger partial charge in [-0.1, -0.05) is 0 Å². The highest BCUT2D eigenvalue weighted by Crippen LogP contribution is 2.22. The fourth-order valence-corrected chi connectivity index (χ4v) is 2.82. The Balaban J connectivity index is 1.63. The second kappa shape index (κ2) is 7.13. The number of benzene rings is 1. The summed E-state index contributed by atoms with van der Waals surface area (Å²) in [5.74, 6) is 2.33. The number of nitrogens with one attached hydrogen (secondary N) is 1. The molecule has 0 aliphatic carbocycles. The van der Waals surface area contributed by atoms with Gasteiger partial charge in [0, 0.05) is 37.4 Å². The second-order valence-corrected chi connectivity index (χ2v) is 7.19. The first-order valence-electron chi connectivity index (χ1n) is 8.56. The molecule has 0 amide bonds. The van der Waals surface area contributed by atoms with E-state index in [4.69, 9.17) is 4.74 Å². The molecule has 0 saturated carbocycles. The molecule has 1 aromatic carbocycles. The highest BCUT2D eigenvalue weighted by molar-refractivity contribution is 5.51. The van der Waals surface area contributed by atoms with Gasteiger partial charge in [-0.25, -0.2) is 0 Å². The van der Waals surface area contributed by atoms with Crippen LogP contribution in [0.4, 0.5) is 17.5 Å². The standard InChI is InChI=1S/C18H26N6O/c1-18(2,3)21-17-20-16(13-19-22-17)24-11-9-23(10-12-24)14-5-7-15(25-4)8-6-14/h5-8,13H,9-12H2,1-4H3,(H,20,21,22). The van der Waals surface area contributed by atoms with Crippen molar-refractivity contribution >= 4 is 17.5 Å². The number of rotatable bonds is 4. The maximum absolute atomic E-state index is 5.22. The van der Waals surface area contributed by atoms with E-state index in [2.05, 4.69) is 63.2 Å².